The molecule has 8 heteroatoms. The first kappa shape index (κ1) is 14.1. The van der Waals surface area contributed by atoms with Crippen LogP contribution in [0.4, 0.5) is 13.2 Å². The molecule has 2 rings (SSSR count). The number of hydrogen-bond acceptors (Lipinski definition) is 5. The third kappa shape index (κ3) is 3.38. The molecule has 0 unspecified atom stereocenters. The first-order valence-corrected chi connectivity index (χ1v) is 6.67. The molecule has 0 fully saturated rings. The molecule has 0 aliphatic rings. The van der Waals surface area contributed by atoms with Crippen molar-refractivity contribution in [3.05, 3.63) is 30.1 Å². The van der Waals surface area contributed by atoms with E-state index in [-0.39, 0.29) is 5.01 Å². The smallest absolute Gasteiger partial charge is 0.452 e. The molecule has 0 saturated heterocycles. The standard InChI is InChI=1S/C11H9F3N2OS2/c12-11(13,14)10-15-9(19-16-10)7-3-1-2-4-8(7)17-5-6-18/h1-4,18H,5-6H2. The second-order valence-corrected chi connectivity index (χ2v) is 4.69. The second-order valence-electron chi connectivity index (χ2n) is 3.49. The summed E-state index contributed by atoms with van der Waals surface area (Å²) >= 11 is 4.71. The van der Waals surface area contributed by atoms with Gasteiger partial charge >= 0.3 is 6.18 Å². The molecule has 0 N–H and O–H groups in total. The summed E-state index contributed by atoms with van der Waals surface area (Å²) in [4.78, 5) is 3.50. The number of para-hydroxylation sites is 1. The molecule has 0 amide bonds. The Morgan fingerprint density at radius 1 is 1.26 bits per heavy atom. The first-order chi connectivity index (χ1) is 9.02. The van der Waals surface area contributed by atoms with E-state index in [1.165, 1.54) is 0 Å². The summed E-state index contributed by atoms with van der Waals surface area (Å²) in [5, 5.41) is 0.182. The van der Waals surface area contributed by atoms with Gasteiger partial charge in [-0.25, -0.2) is 4.98 Å². The number of ether oxygens (including phenoxy) is 1. The Bertz CT molecular complexity index is 557. The molecule has 0 radical (unpaired) electrons. The van der Waals surface area contributed by atoms with E-state index in [0.29, 0.717) is 35.2 Å². The van der Waals surface area contributed by atoms with Crippen molar-refractivity contribution in [2.45, 2.75) is 6.18 Å². The zero-order valence-electron chi connectivity index (χ0n) is 9.52. The Morgan fingerprint density at radius 2 is 2.00 bits per heavy atom. The van der Waals surface area contributed by atoms with Crippen LogP contribution in [-0.4, -0.2) is 21.7 Å². The van der Waals surface area contributed by atoms with E-state index in [9.17, 15) is 13.2 Å². The fourth-order valence-corrected chi connectivity index (χ4v) is 2.18. The number of aromatic nitrogens is 2. The van der Waals surface area contributed by atoms with E-state index in [2.05, 4.69) is 22.0 Å². The van der Waals surface area contributed by atoms with Gasteiger partial charge in [-0.15, -0.1) is 0 Å². The van der Waals surface area contributed by atoms with Crippen molar-refractivity contribution < 1.29 is 17.9 Å². The average Bonchev–Trinajstić information content (AvgIpc) is 2.86. The zero-order valence-corrected chi connectivity index (χ0v) is 11.2. The van der Waals surface area contributed by atoms with Crippen LogP contribution >= 0.6 is 24.2 Å². The maximum Gasteiger partial charge on any atom is 0.452 e. The normalized spacial score (nSPS) is 11.6. The van der Waals surface area contributed by atoms with Crippen LogP contribution in [0.3, 0.4) is 0 Å². The molecular formula is C11H9F3N2OS2. The molecular weight excluding hydrogens is 297 g/mol. The summed E-state index contributed by atoms with van der Waals surface area (Å²) in [6, 6.07) is 6.77. The summed E-state index contributed by atoms with van der Waals surface area (Å²) in [6.07, 6.45) is -4.53. The Balaban J connectivity index is 2.33. The highest BCUT2D eigenvalue weighted by molar-refractivity contribution is 7.80. The molecule has 1 aromatic carbocycles. The number of nitrogens with zero attached hydrogens (tertiary/aromatic N) is 2. The Hall–Kier alpha value is -1.28. The number of halogens is 3. The molecule has 1 heterocycles. The van der Waals surface area contributed by atoms with Crippen LogP contribution in [0.15, 0.2) is 24.3 Å². The minimum atomic E-state index is -4.53. The van der Waals surface area contributed by atoms with Crippen molar-refractivity contribution >= 4 is 24.2 Å². The molecule has 2 aromatic rings. The molecule has 0 spiro atoms. The van der Waals surface area contributed by atoms with Gasteiger partial charge < -0.3 is 4.74 Å². The van der Waals surface area contributed by atoms with Crippen LogP contribution < -0.4 is 4.74 Å². The number of thiol groups is 1. The lowest BCUT2D eigenvalue weighted by Crippen LogP contribution is -2.07. The van der Waals surface area contributed by atoms with Crippen molar-refractivity contribution in [1.29, 1.82) is 0 Å². The van der Waals surface area contributed by atoms with Crippen molar-refractivity contribution in [2.24, 2.45) is 0 Å². The Morgan fingerprint density at radius 3 is 2.63 bits per heavy atom. The fraction of sp³-hybridized carbons (Fsp3) is 0.273. The zero-order chi connectivity index (χ0) is 13.9. The predicted octanol–water partition coefficient (Wildman–Crippen LogP) is 3.53. The predicted molar refractivity (Wildman–Crippen MR) is 69.7 cm³/mol. The van der Waals surface area contributed by atoms with Crippen molar-refractivity contribution in [3.63, 3.8) is 0 Å². The van der Waals surface area contributed by atoms with Crippen LogP contribution in [0.1, 0.15) is 5.82 Å². The van der Waals surface area contributed by atoms with Crippen molar-refractivity contribution in [3.8, 4) is 16.3 Å². The van der Waals surface area contributed by atoms with Gasteiger partial charge in [0.2, 0.25) is 5.82 Å². The van der Waals surface area contributed by atoms with E-state index in [1.807, 2.05) is 0 Å². The minimum absolute atomic E-state index is 0.182. The molecule has 3 nitrogen and oxygen atoms in total. The maximum atomic E-state index is 12.5. The summed E-state index contributed by atoms with van der Waals surface area (Å²) in [5.41, 5.74) is 0.497. The molecule has 0 aliphatic heterocycles. The highest BCUT2D eigenvalue weighted by Crippen LogP contribution is 2.34. The van der Waals surface area contributed by atoms with Gasteiger partial charge in [-0.05, 0) is 23.7 Å². The second kappa shape index (κ2) is 5.79. The molecule has 0 aliphatic carbocycles. The highest BCUT2D eigenvalue weighted by Gasteiger charge is 2.36. The third-order valence-corrected chi connectivity index (χ3v) is 3.08. The Kier molecular flexibility index (Phi) is 4.31. The van der Waals surface area contributed by atoms with Crippen molar-refractivity contribution in [2.75, 3.05) is 12.4 Å². The SMILES string of the molecule is FC(F)(F)c1nsc(-c2ccccc2OCCS)n1. The highest BCUT2D eigenvalue weighted by atomic mass is 32.1. The van der Waals surface area contributed by atoms with Gasteiger partial charge in [0, 0.05) is 5.75 Å². The summed E-state index contributed by atoms with van der Waals surface area (Å²) in [5.74, 6) is -0.143. The van der Waals surface area contributed by atoms with Gasteiger partial charge in [-0.1, -0.05) is 12.1 Å². The fourth-order valence-electron chi connectivity index (χ4n) is 1.37. The molecule has 0 saturated carbocycles. The lowest BCUT2D eigenvalue weighted by molar-refractivity contribution is -0.144. The monoisotopic (exact) mass is 306 g/mol. The quantitative estimate of drug-likeness (QED) is 0.878. The number of benzene rings is 1. The minimum Gasteiger partial charge on any atom is -0.492 e. The number of alkyl halides is 3. The van der Waals surface area contributed by atoms with Crippen LogP contribution in [0, 0.1) is 0 Å². The molecule has 19 heavy (non-hydrogen) atoms. The van der Waals surface area contributed by atoms with Crippen molar-refractivity contribution in [1.82, 2.24) is 9.36 Å². The third-order valence-electron chi connectivity index (χ3n) is 2.15. The molecule has 0 bridgehead atoms. The average molecular weight is 306 g/mol. The van der Waals surface area contributed by atoms with Gasteiger partial charge in [-0.2, -0.15) is 30.2 Å². The van der Waals surface area contributed by atoms with Gasteiger partial charge in [0.15, 0.2) is 0 Å². The topological polar surface area (TPSA) is 35.0 Å². The van der Waals surface area contributed by atoms with Gasteiger partial charge in [0.05, 0.1) is 12.2 Å². The summed E-state index contributed by atoms with van der Waals surface area (Å²) in [7, 11) is 0. The van der Waals surface area contributed by atoms with E-state index in [4.69, 9.17) is 4.74 Å². The molecule has 102 valence electrons. The van der Waals surface area contributed by atoms with Gasteiger partial charge in [0.25, 0.3) is 0 Å². The van der Waals surface area contributed by atoms with Crippen LogP contribution in [0.25, 0.3) is 10.6 Å². The van der Waals surface area contributed by atoms with Gasteiger partial charge in [-0.3, -0.25) is 0 Å². The van der Waals surface area contributed by atoms with Crippen LogP contribution in [0.2, 0.25) is 0 Å². The first-order valence-electron chi connectivity index (χ1n) is 5.26. The largest absolute Gasteiger partial charge is 0.492 e. The summed E-state index contributed by atoms with van der Waals surface area (Å²) in [6.45, 7) is 0.366. The number of rotatable bonds is 4. The van der Waals surface area contributed by atoms with Crippen LogP contribution in [-0.2, 0) is 6.18 Å². The lowest BCUT2D eigenvalue weighted by atomic mass is 10.2. The lowest BCUT2D eigenvalue weighted by Gasteiger charge is -2.07. The summed E-state index contributed by atoms with van der Waals surface area (Å²) < 4.78 is 46.1. The van der Waals surface area contributed by atoms with E-state index in [1.54, 1.807) is 24.3 Å². The number of hydrogen-bond donors (Lipinski definition) is 1. The maximum absolute atomic E-state index is 12.5. The van der Waals surface area contributed by atoms with E-state index in [0.717, 1.165) is 0 Å². The molecule has 0 atom stereocenters. The van der Waals surface area contributed by atoms with E-state index >= 15 is 0 Å². The molecule has 1 aromatic heterocycles. The van der Waals surface area contributed by atoms with E-state index < -0.39 is 12.0 Å². The van der Waals surface area contributed by atoms with Crippen LogP contribution in [0.5, 0.6) is 5.75 Å². The van der Waals surface area contributed by atoms with Gasteiger partial charge in [0.1, 0.15) is 10.8 Å². The Labute approximate surface area is 117 Å².